The second-order valence-corrected chi connectivity index (χ2v) is 5.03. The standard InChI is InChI=1S/C16H21N3O2/c1-3-4-10-17-15(20)11-14(13-8-6-5-7-9-13)16-19-18-12(2)21-16/h5-9,14H,3-4,10-11H2,1-2H3,(H,17,20). The molecule has 5 nitrogen and oxygen atoms in total. The van der Waals surface area contributed by atoms with Gasteiger partial charge in [-0.25, -0.2) is 0 Å². The Balaban J connectivity index is 2.11. The number of aromatic nitrogens is 2. The third kappa shape index (κ3) is 4.41. The quantitative estimate of drug-likeness (QED) is 0.795. The van der Waals surface area contributed by atoms with Gasteiger partial charge in [-0.2, -0.15) is 0 Å². The van der Waals surface area contributed by atoms with Crippen LogP contribution in [0.25, 0.3) is 0 Å². The number of aryl methyl sites for hydroxylation is 1. The maximum Gasteiger partial charge on any atom is 0.224 e. The van der Waals surface area contributed by atoms with Crippen LogP contribution >= 0.6 is 0 Å². The third-order valence-electron chi connectivity index (χ3n) is 3.28. The molecule has 112 valence electrons. The van der Waals surface area contributed by atoms with Gasteiger partial charge in [-0.15, -0.1) is 10.2 Å². The highest BCUT2D eigenvalue weighted by molar-refractivity contribution is 5.77. The fraction of sp³-hybridized carbons (Fsp3) is 0.438. The molecule has 1 N–H and O–H groups in total. The summed E-state index contributed by atoms with van der Waals surface area (Å²) in [4.78, 5) is 12.1. The van der Waals surface area contributed by atoms with Gasteiger partial charge in [0.25, 0.3) is 0 Å². The Kier molecular flexibility index (Phi) is 5.49. The van der Waals surface area contributed by atoms with Crippen LogP contribution in [0.2, 0.25) is 0 Å². The predicted octanol–water partition coefficient (Wildman–Crippen LogP) is 2.82. The number of nitrogens with zero attached hydrogens (tertiary/aromatic N) is 2. The van der Waals surface area contributed by atoms with Crippen LogP contribution in [-0.2, 0) is 4.79 Å². The number of nitrogens with one attached hydrogen (secondary N) is 1. The first-order chi connectivity index (χ1) is 10.2. The molecule has 1 heterocycles. The highest BCUT2D eigenvalue weighted by atomic mass is 16.4. The number of rotatable bonds is 7. The van der Waals surface area contributed by atoms with Crippen molar-refractivity contribution in [2.45, 2.75) is 39.0 Å². The van der Waals surface area contributed by atoms with Crippen LogP contribution in [0.5, 0.6) is 0 Å². The zero-order valence-electron chi connectivity index (χ0n) is 12.5. The normalized spacial score (nSPS) is 12.1. The largest absolute Gasteiger partial charge is 0.425 e. The van der Waals surface area contributed by atoms with Crippen LogP contribution in [0.3, 0.4) is 0 Å². The number of benzene rings is 1. The third-order valence-corrected chi connectivity index (χ3v) is 3.28. The smallest absolute Gasteiger partial charge is 0.224 e. The Hall–Kier alpha value is -2.17. The topological polar surface area (TPSA) is 68.0 Å². The highest BCUT2D eigenvalue weighted by Crippen LogP contribution is 2.26. The lowest BCUT2D eigenvalue weighted by molar-refractivity contribution is -0.121. The first-order valence-electron chi connectivity index (χ1n) is 7.32. The van der Waals surface area contributed by atoms with E-state index < -0.39 is 0 Å². The lowest BCUT2D eigenvalue weighted by Gasteiger charge is -2.13. The van der Waals surface area contributed by atoms with Crippen LogP contribution in [0.1, 0.15) is 49.4 Å². The SMILES string of the molecule is CCCCNC(=O)CC(c1ccccc1)c1nnc(C)o1. The van der Waals surface area contributed by atoms with Crippen molar-refractivity contribution >= 4 is 5.91 Å². The van der Waals surface area contributed by atoms with Gasteiger partial charge < -0.3 is 9.73 Å². The van der Waals surface area contributed by atoms with Crippen molar-refractivity contribution in [1.29, 1.82) is 0 Å². The summed E-state index contributed by atoms with van der Waals surface area (Å²) in [6.07, 6.45) is 2.36. The van der Waals surface area contributed by atoms with Crippen molar-refractivity contribution in [3.63, 3.8) is 0 Å². The van der Waals surface area contributed by atoms with E-state index in [0.29, 0.717) is 24.7 Å². The van der Waals surface area contributed by atoms with Crippen LogP contribution in [0.15, 0.2) is 34.7 Å². The average Bonchev–Trinajstić information content (AvgIpc) is 2.92. The molecular weight excluding hydrogens is 266 g/mol. The number of unbranched alkanes of at least 4 members (excludes halogenated alkanes) is 1. The minimum absolute atomic E-state index is 0.00755. The molecule has 1 unspecified atom stereocenters. The Morgan fingerprint density at radius 3 is 2.67 bits per heavy atom. The van der Waals surface area contributed by atoms with Gasteiger partial charge in [-0.1, -0.05) is 43.7 Å². The van der Waals surface area contributed by atoms with E-state index in [1.54, 1.807) is 6.92 Å². The fourth-order valence-corrected chi connectivity index (χ4v) is 2.15. The van der Waals surface area contributed by atoms with Crippen LogP contribution in [0.4, 0.5) is 0 Å². The van der Waals surface area contributed by atoms with E-state index in [0.717, 1.165) is 18.4 Å². The molecule has 0 aliphatic carbocycles. The van der Waals surface area contributed by atoms with Gasteiger partial charge in [0.2, 0.25) is 17.7 Å². The Morgan fingerprint density at radius 2 is 2.05 bits per heavy atom. The minimum atomic E-state index is -0.200. The molecule has 0 fully saturated rings. The molecule has 5 heteroatoms. The van der Waals surface area contributed by atoms with Crippen LogP contribution in [0, 0.1) is 6.92 Å². The number of amides is 1. The first-order valence-corrected chi connectivity index (χ1v) is 7.32. The summed E-state index contributed by atoms with van der Waals surface area (Å²) in [5.74, 6) is 0.809. The maximum absolute atomic E-state index is 12.1. The number of hydrogen-bond donors (Lipinski definition) is 1. The predicted molar refractivity (Wildman–Crippen MR) is 79.9 cm³/mol. The van der Waals surface area contributed by atoms with Crippen molar-refractivity contribution in [1.82, 2.24) is 15.5 Å². The monoisotopic (exact) mass is 287 g/mol. The molecule has 0 radical (unpaired) electrons. The molecule has 0 spiro atoms. The summed E-state index contributed by atoms with van der Waals surface area (Å²) in [5.41, 5.74) is 1.01. The van der Waals surface area contributed by atoms with Gasteiger partial charge in [0.05, 0.1) is 5.92 Å². The second-order valence-electron chi connectivity index (χ2n) is 5.03. The van der Waals surface area contributed by atoms with Gasteiger partial charge in [0.1, 0.15) is 0 Å². The van der Waals surface area contributed by atoms with E-state index >= 15 is 0 Å². The Morgan fingerprint density at radius 1 is 1.29 bits per heavy atom. The second kappa shape index (κ2) is 7.57. The molecule has 21 heavy (non-hydrogen) atoms. The molecular formula is C16H21N3O2. The number of carbonyl (C=O) groups is 1. The van der Waals surface area contributed by atoms with Crippen molar-refractivity contribution in [2.75, 3.05) is 6.54 Å². The first kappa shape index (κ1) is 15.2. The highest BCUT2D eigenvalue weighted by Gasteiger charge is 2.23. The summed E-state index contributed by atoms with van der Waals surface area (Å²) in [7, 11) is 0. The van der Waals surface area contributed by atoms with E-state index in [4.69, 9.17) is 4.42 Å². The summed E-state index contributed by atoms with van der Waals surface area (Å²) in [6, 6.07) is 9.79. The maximum atomic E-state index is 12.1. The van der Waals surface area contributed by atoms with Gasteiger partial charge in [0, 0.05) is 19.9 Å². The molecule has 0 aliphatic rings. The number of carbonyl (C=O) groups excluding carboxylic acids is 1. The molecule has 0 saturated carbocycles. The van der Waals surface area contributed by atoms with Crippen molar-refractivity contribution in [3.05, 3.63) is 47.7 Å². The lowest BCUT2D eigenvalue weighted by atomic mass is 9.95. The fourth-order valence-electron chi connectivity index (χ4n) is 2.15. The zero-order valence-corrected chi connectivity index (χ0v) is 12.5. The summed E-state index contributed by atoms with van der Waals surface area (Å²) >= 11 is 0. The summed E-state index contributed by atoms with van der Waals surface area (Å²) in [6.45, 7) is 4.56. The molecule has 0 aliphatic heterocycles. The molecule has 1 aromatic heterocycles. The van der Waals surface area contributed by atoms with Gasteiger partial charge in [-0.05, 0) is 12.0 Å². The molecule has 0 bridgehead atoms. The minimum Gasteiger partial charge on any atom is -0.425 e. The molecule has 1 amide bonds. The van der Waals surface area contributed by atoms with Crippen molar-refractivity contribution in [3.8, 4) is 0 Å². The van der Waals surface area contributed by atoms with Gasteiger partial charge in [-0.3, -0.25) is 4.79 Å². The van der Waals surface area contributed by atoms with Crippen LogP contribution < -0.4 is 5.32 Å². The molecule has 2 rings (SSSR count). The summed E-state index contributed by atoms with van der Waals surface area (Å²) < 4.78 is 5.52. The molecule has 2 aromatic rings. The van der Waals surface area contributed by atoms with E-state index in [1.165, 1.54) is 0 Å². The van der Waals surface area contributed by atoms with Gasteiger partial charge in [0.15, 0.2) is 0 Å². The lowest BCUT2D eigenvalue weighted by Crippen LogP contribution is -2.26. The Bertz CT molecular complexity index is 566. The van der Waals surface area contributed by atoms with E-state index in [-0.39, 0.29) is 11.8 Å². The van der Waals surface area contributed by atoms with Crippen molar-refractivity contribution < 1.29 is 9.21 Å². The van der Waals surface area contributed by atoms with E-state index in [2.05, 4.69) is 22.4 Å². The average molecular weight is 287 g/mol. The molecule has 0 saturated heterocycles. The van der Waals surface area contributed by atoms with Crippen LogP contribution in [-0.4, -0.2) is 22.6 Å². The van der Waals surface area contributed by atoms with Gasteiger partial charge >= 0.3 is 0 Å². The van der Waals surface area contributed by atoms with E-state index in [1.807, 2.05) is 30.3 Å². The van der Waals surface area contributed by atoms with E-state index in [9.17, 15) is 4.79 Å². The number of hydrogen-bond acceptors (Lipinski definition) is 4. The summed E-state index contributed by atoms with van der Waals surface area (Å²) in [5, 5.41) is 10.9. The molecule has 1 aromatic carbocycles. The Labute approximate surface area is 124 Å². The zero-order chi connectivity index (χ0) is 15.1. The molecule has 1 atom stereocenters. The van der Waals surface area contributed by atoms with Crippen molar-refractivity contribution in [2.24, 2.45) is 0 Å².